The van der Waals surface area contributed by atoms with Crippen molar-refractivity contribution < 1.29 is 36.6 Å². The van der Waals surface area contributed by atoms with Crippen LogP contribution in [0.1, 0.15) is 28.0 Å². The fraction of sp³-hybridized carbons (Fsp3) is 0.222. The molecule has 0 saturated carbocycles. The largest absolute Gasteiger partial charge is 0.573 e. The van der Waals surface area contributed by atoms with Crippen LogP contribution in [0, 0.1) is 11.3 Å². The van der Waals surface area contributed by atoms with Crippen molar-refractivity contribution in [3.63, 3.8) is 0 Å². The number of nitriles is 1. The molecule has 1 aromatic heterocycles. The first kappa shape index (κ1) is 14.6. The quantitative estimate of drug-likeness (QED) is 0.861. The van der Waals surface area contributed by atoms with Gasteiger partial charge in [-0.15, -0.1) is 13.2 Å². The number of hydrogen-bond acceptors (Lipinski definition) is 4. The zero-order chi connectivity index (χ0) is 14.8. The molecule has 10 heteroatoms. The third-order valence-electron chi connectivity index (χ3n) is 1.85. The average molecular weight is 282 g/mol. The number of rotatable bonds is 3. The van der Waals surface area contributed by atoms with Gasteiger partial charge in [0.25, 0.3) is 6.43 Å². The van der Waals surface area contributed by atoms with E-state index >= 15 is 0 Å². The number of hydrogen-bond donors (Lipinski definition) is 1. The third kappa shape index (κ3) is 3.27. The van der Waals surface area contributed by atoms with E-state index < -0.39 is 41.3 Å². The average Bonchev–Trinajstić information content (AvgIpc) is 2.25. The Labute approximate surface area is 101 Å². The van der Waals surface area contributed by atoms with Crippen LogP contribution in [0.4, 0.5) is 22.0 Å². The summed E-state index contributed by atoms with van der Waals surface area (Å²) in [5.74, 6) is -3.47. The van der Waals surface area contributed by atoms with E-state index in [-0.39, 0.29) is 6.20 Å². The molecule has 102 valence electrons. The van der Waals surface area contributed by atoms with Crippen LogP contribution in [0.25, 0.3) is 0 Å². The van der Waals surface area contributed by atoms with E-state index in [1.54, 1.807) is 0 Å². The van der Waals surface area contributed by atoms with Crippen LogP contribution in [0.15, 0.2) is 6.20 Å². The minimum atomic E-state index is -5.30. The van der Waals surface area contributed by atoms with Crippen molar-refractivity contribution in [2.75, 3.05) is 0 Å². The summed E-state index contributed by atoms with van der Waals surface area (Å²) < 4.78 is 64.6. The van der Waals surface area contributed by atoms with Crippen molar-refractivity contribution >= 4 is 5.97 Å². The molecule has 0 radical (unpaired) electrons. The molecule has 0 spiro atoms. The molecule has 0 aliphatic heterocycles. The number of carboxylic acids is 1. The highest BCUT2D eigenvalue weighted by atomic mass is 19.4. The molecule has 19 heavy (non-hydrogen) atoms. The van der Waals surface area contributed by atoms with Gasteiger partial charge in [-0.3, -0.25) is 0 Å². The fourth-order valence-electron chi connectivity index (χ4n) is 1.23. The van der Waals surface area contributed by atoms with Gasteiger partial charge in [0.1, 0.15) is 11.6 Å². The Balaban J connectivity index is 3.55. The second-order valence-corrected chi connectivity index (χ2v) is 3.03. The van der Waals surface area contributed by atoms with Crippen molar-refractivity contribution in [1.29, 1.82) is 5.26 Å². The maximum atomic E-state index is 12.7. The Hall–Kier alpha value is -2.44. The second kappa shape index (κ2) is 5.05. The number of pyridine rings is 1. The van der Waals surface area contributed by atoms with Gasteiger partial charge in [0.2, 0.25) is 0 Å². The maximum absolute atomic E-state index is 12.7. The van der Waals surface area contributed by atoms with Gasteiger partial charge < -0.3 is 9.84 Å². The van der Waals surface area contributed by atoms with Crippen LogP contribution in [0.3, 0.4) is 0 Å². The lowest BCUT2D eigenvalue weighted by Crippen LogP contribution is -2.20. The predicted octanol–water partition coefficient (Wildman–Crippen LogP) is 2.49. The Morgan fingerprint density at radius 3 is 2.42 bits per heavy atom. The molecule has 0 bridgehead atoms. The van der Waals surface area contributed by atoms with Gasteiger partial charge in [-0.1, -0.05) is 0 Å². The minimum Gasteiger partial charge on any atom is -0.478 e. The Bertz CT molecular complexity index is 550. The van der Waals surface area contributed by atoms with Gasteiger partial charge >= 0.3 is 12.3 Å². The highest BCUT2D eigenvalue weighted by Gasteiger charge is 2.36. The topological polar surface area (TPSA) is 83.2 Å². The van der Waals surface area contributed by atoms with Crippen LogP contribution in [-0.4, -0.2) is 22.4 Å². The summed E-state index contributed by atoms with van der Waals surface area (Å²) >= 11 is 0. The maximum Gasteiger partial charge on any atom is 0.573 e. The van der Waals surface area contributed by atoms with Crippen LogP contribution in [-0.2, 0) is 0 Å². The Kier molecular flexibility index (Phi) is 3.89. The number of alkyl halides is 5. The van der Waals surface area contributed by atoms with Crippen molar-refractivity contribution in [2.24, 2.45) is 0 Å². The molecule has 0 aliphatic carbocycles. The molecule has 1 rings (SSSR count). The first-order valence-electron chi connectivity index (χ1n) is 4.37. The van der Waals surface area contributed by atoms with Gasteiger partial charge in [-0.2, -0.15) is 5.26 Å². The fourth-order valence-corrected chi connectivity index (χ4v) is 1.23. The number of aromatic carboxylic acids is 1. The zero-order valence-electron chi connectivity index (χ0n) is 8.70. The number of carbonyl (C=O) groups is 1. The molecule has 1 heterocycles. The van der Waals surface area contributed by atoms with E-state index in [9.17, 15) is 26.7 Å². The second-order valence-electron chi connectivity index (χ2n) is 3.03. The molecule has 5 nitrogen and oxygen atoms in total. The van der Waals surface area contributed by atoms with E-state index in [1.165, 1.54) is 6.07 Å². The van der Waals surface area contributed by atoms with Gasteiger partial charge in [0.15, 0.2) is 11.4 Å². The summed E-state index contributed by atoms with van der Waals surface area (Å²) in [6.07, 6.45) is -8.66. The molecule has 0 unspecified atom stereocenters. The number of carboxylic acid groups (broad SMARTS) is 1. The predicted molar refractivity (Wildman–Crippen MR) is 47.6 cm³/mol. The van der Waals surface area contributed by atoms with Gasteiger partial charge in [0, 0.05) is 0 Å². The minimum absolute atomic E-state index is 0.222. The lowest BCUT2D eigenvalue weighted by atomic mass is 10.1. The van der Waals surface area contributed by atoms with Crippen LogP contribution < -0.4 is 4.74 Å². The first-order chi connectivity index (χ1) is 8.67. The van der Waals surface area contributed by atoms with E-state index in [0.717, 1.165) is 0 Å². The van der Waals surface area contributed by atoms with Crippen LogP contribution in [0.2, 0.25) is 0 Å². The van der Waals surface area contributed by atoms with Gasteiger partial charge in [0.05, 0.1) is 11.8 Å². The highest BCUT2D eigenvalue weighted by molar-refractivity contribution is 5.92. The van der Waals surface area contributed by atoms with E-state index in [4.69, 9.17) is 10.4 Å². The third-order valence-corrected chi connectivity index (χ3v) is 1.85. The molecule has 0 aliphatic rings. The SMILES string of the molecule is N#Cc1ncc(OC(F)(F)F)c(C(F)F)c1C(=O)O. The molecule has 0 atom stereocenters. The molecule has 1 aromatic rings. The summed E-state index contributed by atoms with van der Waals surface area (Å²) in [7, 11) is 0. The van der Waals surface area contributed by atoms with Gasteiger partial charge in [-0.25, -0.2) is 18.6 Å². The molecule has 0 fully saturated rings. The number of halogens is 5. The smallest absolute Gasteiger partial charge is 0.478 e. The lowest BCUT2D eigenvalue weighted by Gasteiger charge is -2.14. The Morgan fingerprint density at radius 1 is 1.47 bits per heavy atom. The normalized spacial score (nSPS) is 11.2. The lowest BCUT2D eigenvalue weighted by molar-refractivity contribution is -0.275. The zero-order valence-corrected chi connectivity index (χ0v) is 8.70. The molecule has 1 N–H and O–H groups in total. The van der Waals surface area contributed by atoms with Crippen molar-refractivity contribution in [3.8, 4) is 11.8 Å². The van der Waals surface area contributed by atoms with Crippen molar-refractivity contribution in [2.45, 2.75) is 12.8 Å². The van der Waals surface area contributed by atoms with E-state index in [2.05, 4.69) is 9.72 Å². The summed E-state index contributed by atoms with van der Waals surface area (Å²) in [6.45, 7) is 0. The summed E-state index contributed by atoms with van der Waals surface area (Å²) in [5.41, 5.74) is -3.80. The first-order valence-corrected chi connectivity index (χ1v) is 4.37. The van der Waals surface area contributed by atoms with Gasteiger partial charge in [-0.05, 0) is 0 Å². The van der Waals surface area contributed by atoms with Crippen LogP contribution >= 0.6 is 0 Å². The molecular formula is C9H3F5N2O3. The van der Waals surface area contributed by atoms with Crippen LogP contribution in [0.5, 0.6) is 5.75 Å². The molecular weight excluding hydrogens is 279 g/mol. The van der Waals surface area contributed by atoms with Crippen molar-refractivity contribution in [1.82, 2.24) is 4.98 Å². The summed E-state index contributed by atoms with van der Waals surface area (Å²) in [5, 5.41) is 17.2. The standard InChI is InChI=1S/C9H3F5N2O3/c10-7(11)6-4(19-9(12,13)14)2-16-3(1-15)5(6)8(17)18/h2,7H,(H,17,18). The number of ether oxygens (including phenoxy) is 1. The molecule has 0 aromatic carbocycles. The van der Waals surface area contributed by atoms with Crippen molar-refractivity contribution in [3.05, 3.63) is 23.0 Å². The molecule has 0 saturated heterocycles. The molecule has 0 amide bonds. The Morgan fingerprint density at radius 2 is 2.05 bits per heavy atom. The number of aromatic nitrogens is 1. The van der Waals surface area contributed by atoms with E-state index in [0.29, 0.717) is 0 Å². The van der Waals surface area contributed by atoms with E-state index in [1.807, 2.05) is 0 Å². The summed E-state index contributed by atoms with van der Waals surface area (Å²) in [4.78, 5) is 13.8. The highest BCUT2D eigenvalue weighted by Crippen LogP contribution is 2.35. The summed E-state index contributed by atoms with van der Waals surface area (Å²) in [6, 6.07) is 1.20. The number of nitrogens with zero attached hydrogens (tertiary/aromatic N) is 2. The monoisotopic (exact) mass is 282 g/mol.